The van der Waals surface area contributed by atoms with Gasteiger partial charge >= 0.3 is 0 Å². The number of carbonyl (C=O) groups is 1. The van der Waals surface area contributed by atoms with Crippen LogP contribution in [0.1, 0.15) is 19.5 Å². The van der Waals surface area contributed by atoms with Gasteiger partial charge in [-0.05, 0) is 13.3 Å². The molecule has 1 amide bonds. The lowest BCUT2D eigenvalue weighted by Crippen LogP contribution is -2.30. The van der Waals surface area contributed by atoms with Crippen molar-refractivity contribution in [3.05, 3.63) is 5.69 Å². The number of nitrogen functional groups attached to an aromatic ring is 1. The highest BCUT2D eigenvalue weighted by Crippen LogP contribution is 2.21. The molecule has 2 aromatic rings. The molecule has 0 saturated heterocycles. The lowest BCUT2D eigenvalue weighted by atomic mass is 10.3. The first kappa shape index (κ1) is 13.4. The van der Waals surface area contributed by atoms with Crippen LogP contribution >= 0.6 is 0 Å². The van der Waals surface area contributed by atoms with Gasteiger partial charge in [-0.1, -0.05) is 6.92 Å². The highest BCUT2D eigenvalue weighted by atomic mass is 16.2. The molecular formula is C12H20N6O. The summed E-state index contributed by atoms with van der Waals surface area (Å²) in [6, 6.07) is 0. The fourth-order valence-electron chi connectivity index (χ4n) is 2.08. The first-order chi connectivity index (χ1) is 8.99. The SMILES string of the molecule is CCc1nn(C)c2c1nc(N)n2CC(=O)N(C)CC. The van der Waals surface area contributed by atoms with Crippen LogP contribution < -0.4 is 5.73 Å². The number of nitrogens with two attached hydrogens (primary N) is 1. The molecule has 104 valence electrons. The Morgan fingerprint density at radius 1 is 1.42 bits per heavy atom. The van der Waals surface area contributed by atoms with Gasteiger partial charge in [-0.2, -0.15) is 5.10 Å². The molecule has 7 nitrogen and oxygen atoms in total. The third kappa shape index (κ3) is 2.16. The fraction of sp³-hybridized carbons (Fsp3) is 0.583. The minimum atomic E-state index is 0.00717. The summed E-state index contributed by atoms with van der Waals surface area (Å²) in [7, 11) is 3.61. The molecule has 0 spiro atoms. The molecule has 7 heteroatoms. The largest absolute Gasteiger partial charge is 0.369 e. The Balaban J connectivity index is 2.46. The third-order valence-electron chi connectivity index (χ3n) is 3.35. The maximum Gasteiger partial charge on any atom is 0.242 e. The number of imidazole rings is 1. The quantitative estimate of drug-likeness (QED) is 0.866. The van der Waals surface area contributed by atoms with E-state index >= 15 is 0 Å². The number of likely N-dealkylation sites (N-methyl/N-ethyl adjacent to an activating group) is 1. The summed E-state index contributed by atoms with van der Waals surface area (Å²) in [6.07, 6.45) is 0.788. The Morgan fingerprint density at radius 3 is 2.68 bits per heavy atom. The van der Waals surface area contributed by atoms with Crippen LogP contribution in [0.15, 0.2) is 0 Å². The van der Waals surface area contributed by atoms with Gasteiger partial charge in [0.25, 0.3) is 0 Å². The number of fused-ring (bicyclic) bond motifs is 1. The lowest BCUT2D eigenvalue weighted by molar-refractivity contribution is -0.130. The van der Waals surface area contributed by atoms with E-state index in [9.17, 15) is 4.79 Å². The van der Waals surface area contributed by atoms with E-state index < -0.39 is 0 Å². The van der Waals surface area contributed by atoms with Crippen molar-refractivity contribution in [1.82, 2.24) is 24.2 Å². The second kappa shape index (κ2) is 4.91. The molecule has 0 aliphatic carbocycles. The summed E-state index contributed by atoms with van der Waals surface area (Å²) in [5.74, 6) is 0.364. The van der Waals surface area contributed by atoms with E-state index in [1.54, 1.807) is 21.2 Å². The van der Waals surface area contributed by atoms with Crippen LogP contribution in [0.5, 0.6) is 0 Å². The number of amides is 1. The zero-order chi connectivity index (χ0) is 14.2. The number of rotatable bonds is 4. The second-order valence-corrected chi connectivity index (χ2v) is 4.56. The van der Waals surface area contributed by atoms with Crippen molar-refractivity contribution in [1.29, 1.82) is 0 Å². The average molecular weight is 264 g/mol. The highest BCUT2D eigenvalue weighted by molar-refractivity contribution is 5.82. The molecule has 2 N–H and O–H groups in total. The number of nitrogens with zero attached hydrogens (tertiary/aromatic N) is 5. The van der Waals surface area contributed by atoms with Crippen molar-refractivity contribution in [2.75, 3.05) is 19.3 Å². The normalized spacial score (nSPS) is 11.2. The van der Waals surface area contributed by atoms with Crippen LogP contribution in [0.4, 0.5) is 5.95 Å². The van der Waals surface area contributed by atoms with Crippen molar-refractivity contribution >= 4 is 23.0 Å². The van der Waals surface area contributed by atoms with E-state index in [0.717, 1.165) is 23.3 Å². The number of carbonyl (C=O) groups excluding carboxylic acids is 1. The monoisotopic (exact) mass is 264 g/mol. The molecule has 2 aromatic heterocycles. The molecule has 0 unspecified atom stereocenters. The van der Waals surface area contributed by atoms with E-state index in [1.807, 2.05) is 20.9 Å². The molecule has 0 aromatic carbocycles. The summed E-state index contributed by atoms with van der Waals surface area (Å²) < 4.78 is 3.45. The van der Waals surface area contributed by atoms with E-state index in [0.29, 0.717) is 12.5 Å². The summed E-state index contributed by atoms with van der Waals surface area (Å²) in [5.41, 5.74) is 8.41. The van der Waals surface area contributed by atoms with Crippen LogP contribution in [0, 0.1) is 0 Å². The zero-order valence-corrected chi connectivity index (χ0v) is 11.8. The number of hydrogen-bond donors (Lipinski definition) is 1. The van der Waals surface area contributed by atoms with Crippen molar-refractivity contribution in [3.8, 4) is 0 Å². The highest BCUT2D eigenvalue weighted by Gasteiger charge is 2.19. The van der Waals surface area contributed by atoms with Gasteiger partial charge in [0.05, 0.1) is 5.69 Å². The van der Waals surface area contributed by atoms with Crippen LogP contribution in [-0.2, 0) is 24.8 Å². The smallest absolute Gasteiger partial charge is 0.242 e. The Hall–Kier alpha value is -2.05. The Morgan fingerprint density at radius 2 is 2.11 bits per heavy atom. The van der Waals surface area contributed by atoms with E-state index in [4.69, 9.17) is 5.73 Å². The molecule has 0 saturated carbocycles. The summed E-state index contributed by atoms with van der Waals surface area (Å²) >= 11 is 0. The second-order valence-electron chi connectivity index (χ2n) is 4.56. The van der Waals surface area contributed by atoms with Crippen molar-refractivity contribution in [2.24, 2.45) is 7.05 Å². The number of aryl methyl sites for hydroxylation is 2. The van der Waals surface area contributed by atoms with Crippen LogP contribution in [0.3, 0.4) is 0 Å². The third-order valence-corrected chi connectivity index (χ3v) is 3.35. The Bertz CT molecular complexity index is 611. The van der Waals surface area contributed by atoms with Gasteiger partial charge in [0.15, 0.2) is 5.65 Å². The topological polar surface area (TPSA) is 82.0 Å². The molecule has 0 atom stereocenters. The number of hydrogen-bond acceptors (Lipinski definition) is 4. The molecule has 2 rings (SSSR count). The standard InChI is InChI=1S/C12H20N6O/c1-5-8-10-11(17(4)15-8)18(12(13)14-10)7-9(19)16(3)6-2/h5-7H2,1-4H3,(H2,13,14). The molecule has 0 fully saturated rings. The molecule has 0 aliphatic heterocycles. The predicted octanol–water partition coefficient (Wildman–Crippen LogP) is 0.393. The lowest BCUT2D eigenvalue weighted by Gasteiger charge is -2.15. The summed E-state index contributed by atoms with van der Waals surface area (Å²) in [6.45, 7) is 4.81. The first-order valence-corrected chi connectivity index (χ1v) is 6.41. The van der Waals surface area contributed by atoms with Crippen LogP contribution in [0.25, 0.3) is 11.2 Å². The summed E-state index contributed by atoms with van der Waals surface area (Å²) in [4.78, 5) is 18.0. The molecule has 2 heterocycles. The van der Waals surface area contributed by atoms with Gasteiger partial charge in [0.2, 0.25) is 11.9 Å². The maximum atomic E-state index is 12.0. The van der Waals surface area contributed by atoms with Gasteiger partial charge in [-0.25, -0.2) is 4.98 Å². The van der Waals surface area contributed by atoms with Gasteiger partial charge in [-0.15, -0.1) is 0 Å². The van der Waals surface area contributed by atoms with Gasteiger partial charge in [0.1, 0.15) is 12.1 Å². The predicted molar refractivity (Wildman–Crippen MR) is 73.6 cm³/mol. The van der Waals surface area contributed by atoms with Crippen molar-refractivity contribution in [3.63, 3.8) is 0 Å². The van der Waals surface area contributed by atoms with Crippen molar-refractivity contribution in [2.45, 2.75) is 26.8 Å². The average Bonchev–Trinajstić information content (AvgIpc) is 2.87. The minimum absolute atomic E-state index is 0.00717. The number of aromatic nitrogens is 4. The maximum absolute atomic E-state index is 12.0. The molecule has 0 bridgehead atoms. The minimum Gasteiger partial charge on any atom is -0.369 e. The first-order valence-electron chi connectivity index (χ1n) is 6.41. The fourth-order valence-corrected chi connectivity index (χ4v) is 2.08. The van der Waals surface area contributed by atoms with E-state index in [1.165, 1.54) is 0 Å². The molecule has 0 radical (unpaired) electrons. The van der Waals surface area contributed by atoms with E-state index in [-0.39, 0.29) is 12.5 Å². The Labute approximate surface area is 112 Å². The van der Waals surface area contributed by atoms with Crippen molar-refractivity contribution < 1.29 is 4.79 Å². The zero-order valence-electron chi connectivity index (χ0n) is 11.8. The van der Waals surface area contributed by atoms with E-state index in [2.05, 4.69) is 10.1 Å². The number of anilines is 1. The van der Waals surface area contributed by atoms with Crippen LogP contribution in [0.2, 0.25) is 0 Å². The molecule has 0 aliphatic rings. The Kier molecular flexibility index (Phi) is 3.46. The van der Waals surface area contributed by atoms with Gasteiger partial charge in [0, 0.05) is 20.6 Å². The molecular weight excluding hydrogens is 244 g/mol. The summed E-state index contributed by atoms with van der Waals surface area (Å²) in [5, 5.41) is 4.40. The molecule has 19 heavy (non-hydrogen) atoms. The van der Waals surface area contributed by atoms with Gasteiger partial charge in [-0.3, -0.25) is 14.0 Å². The van der Waals surface area contributed by atoms with Crippen LogP contribution in [-0.4, -0.2) is 43.7 Å². The van der Waals surface area contributed by atoms with Gasteiger partial charge < -0.3 is 10.6 Å².